The van der Waals surface area contributed by atoms with E-state index in [1.54, 1.807) is 67.6 Å². The van der Waals surface area contributed by atoms with Crippen molar-refractivity contribution in [1.29, 1.82) is 0 Å². The van der Waals surface area contributed by atoms with Crippen molar-refractivity contribution < 1.29 is 23.9 Å². The van der Waals surface area contributed by atoms with Crippen molar-refractivity contribution in [2.75, 3.05) is 19.6 Å². The third-order valence-electron chi connectivity index (χ3n) is 6.61. The van der Waals surface area contributed by atoms with E-state index >= 15 is 0 Å². The minimum atomic E-state index is -0.568. The number of fused-ring (bicyclic) bond motifs is 1. The molecular weight excluding hydrogens is 502 g/mol. The van der Waals surface area contributed by atoms with Gasteiger partial charge in [0.05, 0.1) is 17.7 Å². The predicted octanol–water partition coefficient (Wildman–Crippen LogP) is 6.29. The third kappa shape index (κ3) is 5.93. The average Bonchev–Trinajstić information content (AvgIpc) is 3.44. The number of esters is 2. The van der Waals surface area contributed by atoms with E-state index in [0.717, 1.165) is 36.7 Å². The van der Waals surface area contributed by atoms with E-state index in [9.17, 15) is 14.4 Å². The standard InChI is InChI=1S/C31H27NO5.ClH/c1-21-26-18-25(27(33)20-32-16-8-9-17-32)15-14-24(26)19-28(36-30(34)22-10-4-2-5-11-22)29(21)37-31(35)23-12-6-3-7-13-23;/h2-7,10-15,18-19H,8-9,16-17,20H2,1H3;1H. The lowest BCUT2D eigenvalue weighted by Gasteiger charge is -2.17. The Kier molecular flexibility index (Phi) is 8.56. The molecule has 194 valence electrons. The lowest BCUT2D eigenvalue weighted by molar-refractivity contribution is 0.0682. The molecule has 4 aromatic rings. The number of likely N-dealkylation sites (tertiary alicyclic amines) is 1. The molecule has 0 unspecified atom stereocenters. The molecule has 5 rings (SSSR count). The first-order valence-electron chi connectivity index (χ1n) is 12.4. The molecule has 38 heavy (non-hydrogen) atoms. The molecule has 0 bridgehead atoms. The molecule has 0 N–H and O–H groups in total. The van der Waals surface area contributed by atoms with Crippen LogP contribution in [0.25, 0.3) is 10.8 Å². The smallest absolute Gasteiger partial charge is 0.343 e. The van der Waals surface area contributed by atoms with Crippen LogP contribution in [-0.2, 0) is 0 Å². The van der Waals surface area contributed by atoms with Crippen LogP contribution in [0.2, 0.25) is 0 Å². The molecule has 1 fully saturated rings. The Labute approximate surface area is 227 Å². The number of benzene rings is 4. The summed E-state index contributed by atoms with van der Waals surface area (Å²) < 4.78 is 11.5. The lowest BCUT2D eigenvalue weighted by Crippen LogP contribution is -2.26. The van der Waals surface area contributed by atoms with Gasteiger partial charge in [0.2, 0.25) is 0 Å². The van der Waals surface area contributed by atoms with Gasteiger partial charge in [0.15, 0.2) is 17.3 Å². The first-order chi connectivity index (χ1) is 18.0. The average molecular weight is 530 g/mol. The highest BCUT2D eigenvalue weighted by Gasteiger charge is 2.22. The van der Waals surface area contributed by atoms with Gasteiger partial charge in [-0.3, -0.25) is 9.69 Å². The molecule has 0 aliphatic carbocycles. The lowest BCUT2D eigenvalue weighted by atomic mass is 9.99. The SMILES string of the molecule is Cc1c(OC(=O)c2ccccc2)c(OC(=O)c2ccccc2)cc2ccc(C(=O)CN3CCCC3)cc12.Cl. The maximum absolute atomic E-state index is 13.0. The van der Waals surface area contributed by atoms with Crippen LogP contribution in [0.15, 0.2) is 84.9 Å². The molecule has 1 aliphatic heterocycles. The first kappa shape index (κ1) is 27.0. The summed E-state index contributed by atoms with van der Waals surface area (Å²) in [6.45, 7) is 4.06. The number of hydrogen-bond acceptors (Lipinski definition) is 6. The summed E-state index contributed by atoms with van der Waals surface area (Å²) in [5.74, 6) is -0.797. The highest BCUT2D eigenvalue weighted by molar-refractivity contribution is 6.03. The van der Waals surface area contributed by atoms with Crippen molar-refractivity contribution in [1.82, 2.24) is 4.90 Å². The summed E-state index contributed by atoms with van der Waals surface area (Å²) in [4.78, 5) is 41.0. The molecule has 0 aromatic heterocycles. The van der Waals surface area contributed by atoms with Gasteiger partial charge < -0.3 is 9.47 Å². The third-order valence-corrected chi connectivity index (χ3v) is 6.61. The fraction of sp³-hybridized carbons (Fsp3) is 0.194. The Hall–Kier alpha value is -4.00. The molecule has 1 aliphatic rings. The zero-order chi connectivity index (χ0) is 25.8. The van der Waals surface area contributed by atoms with E-state index in [1.165, 1.54) is 0 Å². The second-order valence-corrected chi connectivity index (χ2v) is 9.18. The maximum atomic E-state index is 13.0. The van der Waals surface area contributed by atoms with Crippen LogP contribution in [0.1, 0.15) is 49.5 Å². The summed E-state index contributed by atoms with van der Waals surface area (Å²) in [7, 11) is 0. The molecular formula is C31H28ClNO5. The number of nitrogens with zero attached hydrogens (tertiary/aromatic N) is 1. The van der Waals surface area contributed by atoms with Crippen molar-refractivity contribution in [3.8, 4) is 11.5 Å². The zero-order valence-corrected chi connectivity index (χ0v) is 21.8. The topological polar surface area (TPSA) is 72.9 Å². The Morgan fingerprint density at radius 2 is 1.32 bits per heavy atom. The van der Waals surface area contributed by atoms with Crippen LogP contribution in [0.3, 0.4) is 0 Å². The van der Waals surface area contributed by atoms with Gasteiger partial charge in [0.1, 0.15) is 0 Å². The van der Waals surface area contributed by atoms with E-state index < -0.39 is 11.9 Å². The fourth-order valence-corrected chi connectivity index (χ4v) is 4.59. The summed E-state index contributed by atoms with van der Waals surface area (Å²) in [6.07, 6.45) is 2.23. The Bertz CT molecular complexity index is 1460. The van der Waals surface area contributed by atoms with Gasteiger partial charge in [-0.05, 0) is 80.0 Å². The van der Waals surface area contributed by atoms with Crippen molar-refractivity contribution in [3.05, 3.63) is 107 Å². The van der Waals surface area contributed by atoms with Crippen LogP contribution in [0, 0.1) is 6.92 Å². The van der Waals surface area contributed by atoms with E-state index in [-0.39, 0.29) is 29.7 Å². The van der Waals surface area contributed by atoms with Gasteiger partial charge in [-0.2, -0.15) is 0 Å². The maximum Gasteiger partial charge on any atom is 0.343 e. The normalized spacial score (nSPS) is 13.1. The Morgan fingerprint density at radius 1 is 0.737 bits per heavy atom. The first-order valence-corrected chi connectivity index (χ1v) is 12.4. The summed E-state index contributed by atoms with van der Waals surface area (Å²) in [5, 5.41) is 1.52. The summed E-state index contributed by atoms with van der Waals surface area (Å²) in [5.41, 5.74) is 1.95. The number of carbonyl (C=O) groups is 3. The quantitative estimate of drug-likeness (QED) is 0.159. The van der Waals surface area contributed by atoms with Gasteiger partial charge in [0.25, 0.3) is 0 Å². The Balaban J connectivity index is 0.00000336. The number of aryl methyl sites for hydroxylation is 1. The largest absolute Gasteiger partial charge is 0.419 e. The molecule has 0 radical (unpaired) electrons. The molecule has 1 saturated heterocycles. The van der Waals surface area contributed by atoms with E-state index in [2.05, 4.69) is 4.90 Å². The summed E-state index contributed by atoms with van der Waals surface area (Å²) >= 11 is 0. The van der Waals surface area contributed by atoms with Crippen LogP contribution >= 0.6 is 12.4 Å². The molecule has 1 heterocycles. The highest BCUT2D eigenvalue weighted by Crippen LogP contribution is 2.39. The molecule has 6 nitrogen and oxygen atoms in total. The second kappa shape index (κ2) is 12.0. The number of halogens is 1. The molecule has 0 saturated carbocycles. The number of ketones is 1. The van der Waals surface area contributed by atoms with Crippen LogP contribution in [0.5, 0.6) is 11.5 Å². The predicted molar refractivity (Wildman–Crippen MR) is 149 cm³/mol. The number of hydrogen-bond donors (Lipinski definition) is 0. The van der Waals surface area contributed by atoms with Crippen molar-refractivity contribution in [3.63, 3.8) is 0 Å². The van der Waals surface area contributed by atoms with Crippen LogP contribution < -0.4 is 9.47 Å². The molecule has 4 aromatic carbocycles. The van der Waals surface area contributed by atoms with E-state index in [1.807, 2.05) is 24.3 Å². The second-order valence-electron chi connectivity index (χ2n) is 9.18. The van der Waals surface area contributed by atoms with E-state index in [4.69, 9.17) is 9.47 Å². The fourth-order valence-electron chi connectivity index (χ4n) is 4.59. The van der Waals surface area contributed by atoms with Gasteiger partial charge in [-0.15, -0.1) is 12.4 Å². The number of rotatable bonds is 7. The minimum absolute atomic E-state index is 0. The van der Waals surface area contributed by atoms with Crippen molar-refractivity contribution in [2.24, 2.45) is 0 Å². The molecule has 7 heteroatoms. The summed E-state index contributed by atoms with van der Waals surface area (Å²) in [6, 6.07) is 24.4. The van der Waals surface area contributed by atoms with Crippen LogP contribution in [0.4, 0.5) is 0 Å². The number of ether oxygens (including phenoxy) is 2. The van der Waals surface area contributed by atoms with Crippen molar-refractivity contribution >= 4 is 40.9 Å². The van der Waals surface area contributed by atoms with E-state index in [0.29, 0.717) is 28.8 Å². The van der Waals surface area contributed by atoms with Gasteiger partial charge in [-0.25, -0.2) is 9.59 Å². The Morgan fingerprint density at radius 3 is 1.92 bits per heavy atom. The minimum Gasteiger partial charge on any atom is -0.419 e. The van der Waals surface area contributed by atoms with Gasteiger partial charge in [-0.1, -0.05) is 48.5 Å². The monoisotopic (exact) mass is 529 g/mol. The van der Waals surface area contributed by atoms with Gasteiger partial charge in [0, 0.05) is 11.1 Å². The zero-order valence-electron chi connectivity index (χ0n) is 21.0. The molecule has 0 atom stereocenters. The van der Waals surface area contributed by atoms with Crippen LogP contribution in [-0.4, -0.2) is 42.3 Å². The number of carbonyl (C=O) groups excluding carboxylic acids is 3. The molecule has 0 spiro atoms. The van der Waals surface area contributed by atoms with Gasteiger partial charge >= 0.3 is 11.9 Å². The molecule has 0 amide bonds. The highest BCUT2D eigenvalue weighted by atomic mass is 35.5. The van der Waals surface area contributed by atoms with Crippen molar-refractivity contribution in [2.45, 2.75) is 19.8 Å². The number of Topliss-reactive ketones (excluding diaryl/α,β-unsaturated/α-hetero) is 1.